The largest absolute Gasteiger partial charge is 0.492 e. The molecule has 0 unspecified atom stereocenters. The smallest absolute Gasteiger partial charge is 0.341 e. The third kappa shape index (κ3) is 3.01. The molecule has 3 rings (SSSR count). The van der Waals surface area contributed by atoms with Gasteiger partial charge in [-0.25, -0.2) is 4.79 Å². The van der Waals surface area contributed by atoms with E-state index in [0.29, 0.717) is 23.4 Å². The Balaban J connectivity index is 2.11. The van der Waals surface area contributed by atoms with Crippen molar-refractivity contribution in [1.29, 1.82) is 0 Å². The summed E-state index contributed by atoms with van der Waals surface area (Å²) in [7, 11) is 3.95. The van der Waals surface area contributed by atoms with Gasteiger partial charge in [0.25, 0.3) is 0 Å². The standard InChI is InChI=1S/C18H22N2O4/c1-11-16(18(22)23)17(21)14-7-6-13(24-9-8-19(2)3)10-15(14)20(11)12-4-5-12/h6-7,10,12H,4-5,8-9H2,1-3H3,(H,22,23). The third-order valence-electron chi connectivity index (χ3n) is 4.36. The number of hydrogen-bond acceptors (Lipinski definition) is 4. The predicted molar refractivity (Wildman–Crippen MR) is 92.2 cm³/mol. The summed E-state index contributed by atoms with van der Waals surface area (Å²) in [4.78, 5) is 26.1. The molecule has 1 aromatic carbocycles. The van der Waals surface area contributed by atoms with Gasteiger partial charge in [0, 0.05) is 29.7 Å². The highest BCUT2D eigenvalue weighted by Crippen LogP contribution is 2.39. The Morgan fingerprint density at radius 2 is 2.08 bits per heavy atom. The number of rotatable bonds is 6. The highest BCUT2D eigenvalue weighted by Gasteiger charge is 2.29. The van der Waals surface area contributed by atoms with Crippen molar-refractivity contribution >= 4 is 16.9 Å². The van der Waals surface area contributed by atoms with E-state index in [9.17, 15) is 14.7 Å². The van der Waals surface area contributed by atoms with E-state index in [-0.39, 0.29) is 11.6 Å². The molecule has 1 aliphatic rings. The summed E-state index contributed by atoms with van der Waals surface area (Å²) in [5.41, 5.74) is 0.725. The summed E-state index contributed by atoms with van der Waals surface area (Å²) in [6.07, 6.45) is 2.01. The molecule has 0 aliphatic heterocycles. The number of pyridine rings is 1. The molecule has 0 atom stereocenters. The summed E-state index contributed by atoms with van der Waals surface area (Å²) in [5, 5.41) is 9.85. The van der Waals surface area contributed by atoms with Crippen molar-refractivity contribution in [3.8, 4) is 5.75 Å². The molecular formula is C18H22N2O4. The second kappa shape index (κ2) is 6.28. The summed E-state index contributed by atoms with van der Waals surface area (Å²) in [6, 6.07) is 5.53. The number of benzene rings is 1. The van der Waals surface area contributed by atoms with Crippen LogP contribution in [0, 0.1) is 6.92 Å². The fraction of sp³-hybridized carbons (Fsp3) is 0.444. The monoisotopic (exact) mass is 330 g/mol. The molecule has 2 aromatic rings. The molecular weight excluding hydrogens is 308 g/mol. The van der Waals surface area contributed by atoms with Crippen LogP contribution in [-0.2, 0) is 0 Å². The normalized spacial score (nSPS) is 14.3. The molecule has 1 saturated carbocycles. The van der Waals surface area contributed by atoms with Crippen molar-refractivity contribution in [2.45, 2.75) is 25.8 Å². The van der Waals surface area contributed by atoms with Crippen LogP contribution >= 0.6 is 0 Å². The average Bonchev–Trinajstić information content (AvgIpc) is 3.31. The summed E-state index contributed by atoms with van der Waals surface area (Å²) < 4.78 is 7.75. The number of aromatic carboxylic acids is 1. The number of carboxylic acids is 1. The van der Waals surface area contributed by atoms with Crippen LogP contribution in [0.5, 0.6) is 5.75 Å². The van der Waals surface area contributed by atoms with E-state index in [1.165, 1.54) is 0 Å². The molecule has 24 heavy (non-hydrogen) atoms. The van der Waals surface area contributed by atoms with E-state index < -0.39 is 11.4 Å². The summed E-state index contributed by atoms with van der Waals surface area (Å²) in [6.45, 7) is 3.06. The van der Waals surface area contributed by atoms with Crippen LogP contribution in [0.2, 0.25) is 0 Å². The molecule has 0 bridgehead atoms. The molecule has 0 radical (unpaired) electrons. The van der Waals surface area contributed by atoms with Crippen molar-refractivity contribution < 1.29 is 14.6 Å². The Bertz CT molecular complexity index is 850. The second-order valence-corrected chi connectivity index (χ2v) is 6.53. The van der Waals surface area contributed by atoms with E-state index in [1.54, 1.807) is 19.1 Å². The number of hydrogen-bond donors (Lipinski definition) is 1. The van der Waals surface area contributed by atoms with Crippen molar-refractivity contribution in [2.24, 2.45) is 0 Å². The topological polar surface area (TPSA) is 71.8 Å². The quantitative estimate of drug-likeness (QED) is 0.880. The maximum absolute atomic E-state index is 12.6. The molecule has 0 saturated heterocycles. The molecule has 1 aliphatic carbocycles. The van der Waals surface area contributed by atoms with Gasteiger partial charge in [-0.2, -0.15) is 0 Å². The van der Waals surface area contributed by atoms with Gasteiger partial charge in [-0.3, -0.25) is 4.79 Å². The zero-order valence-corrected chi connectivity index (χ0v) is 14.2. The van der Waals surface area contributed by atoms with Crippen molar-refractivity contribution in [3.05, 3.63) is 39.7 Å². The van der Waals surface area contributed by atoms with Crippen LogP contribution in [-0.4, -0.2) is 47.8 Å². The molecule has 0 amide bonds. The highest BCUT2D eigenvalue weighted by atomic mass is 16.5. The molecule has 1 fully saturated rings. The van der Waals surface area contributed by atoms with Crippen LogP contribution in [0.25, 0.3) is 10.9 Å². The van der Waals surface area contributed by atoms with Gasteiger partial charge in [0.05, 0.1) is 5.52 Å². The zero-order valence-electron chi connectivity index (χ0n) is 14.2. The molecule has 6 nitrogen and oxygen atoms in total. The van der Waals surface area contributed by atoms with Gasteiger partial charge in [-0.15, -0.1) is 0 Å². The molecule has 1 heterocycles. The first kappa shape index (κ1) is 16.5. The first-order valence-electron chi connectivity index (χ1n) is 8.10. The van der Waals surface area contributed by atoms with Crippen LogP contribution in [0.4, 0.5) is 0 Å². The number of carbonyl (C=O) groups is 1. The number of likely N-dealkylation sites (N-methyl/N-ethyl adjacent to an activating group) is 1. The lowest BCUT2D eigenvalue weighted by Crippen LogP contribution is -2.22. The Labute approximate surface area is 140 Å². The second-order valence-electron chi connectivity index (χ2n) is 6.53. The van der Waals surface area contributed by atoms with Crippen LogP contribution < -0.4 is 10.2 Å². The minimum absolute atomic E-state index is 0.129. The van der Waals surface area contributed by atoms with Gasteiger partial charge in [0.2, 0.25) is 5.43 Å². The van der Waals surface area contributed by atoms with Crippen LogP contribution in [0.1, 0.15) is 34.9 Å². The van der Waals surface area contributed by atoms with Crippen molar-refractivity contribution in [2.75, 3.05) is 27.2 Å². The van der Waals surface area contributed by atoms with E-state index >= 15 is 0 Å². The molecule has 128 valence electrons. The number of ether oxygens (including phenoxy) is 1. The lowest BCUT2D eigenvalue weighted by molar-refractivity contribution is 0.0694. The minimum atomic E-state index is -1.17. The van der Waals surface area contributed by atoms with Crippen LogP contribution in [0.3, 0.4) is 0 Å². The number of carboxylic acid groups (broad SMARTS) is 1. The predicted octanol–water partition coefficient (Wildman–Crippen LogP) is 2.28. The fourth-order valence-corrected chi connectivity index (χ4v) is 2.99. The molecule has 0 spiro atoms. The average molecular weight is 330 g/mol. The summed E-state index contributed by atoms with van der Waals surface area (Å²) in [5.74, 6) is -0.472. The Morgan fingerprint density at radius 3 is 2.67 bits per heavy atom. The highest BCUT2D eigenvalue weighted by molar-refractivity contribution is 5.94. The first-order valence-corrected chi connectivity index (χ1v) is 8.10. The lowest BCUT2D eigenvalue weighted by atomic mass is 10.1. The van der Waals surface area contributed by atoms with E-state index in [1.807, 2.05) is 29.6 Å². The van der Waals surface area contributed by atoms with Gasteiger partial charge >= 0.3 is 5.97 Å². The maximum Gasteiger partial charge on any atom is 0.341 e. The SMILES string of the molecule is Cc1c(C(=O)O)c(=O)c2ccc(OCCN(C)C)cc2n1C1CC1. The van der Waals surface area contributed by atoms with Gasteiger partial charge in [-0.1, -0.05) is 0 Å². The third-order valence-corrected chi connectivity index (χ3v) is 4.36. The Morgan fingerprint density at radius 1 is 1.38 bits per heavy atom. The molecule has 1 N–H and O–H groups in total. The Hall–Kier alpha value is -2.34. The maximum atomic E-state index is 12.6. The lowest BCUT2D eigenvalue weighted by Gasteiger charge is -2.17. The molecule has 1 aromatic heterocycles. The Kier molecular flexibility index (Phi) is 4.32. The fourth-order valence-electron chi connectivity index (χ4n) is 2.99. The minimum Gasteiger partial charge on any atom is -0.492 e. The number of fused-ring (bicyclic) bond motifs is 1. The van der Waals surface area contributed by atoms with E-state index in [0.717, 1.165) is 24.9 Å². The molecule has 6 heteroatoms. The van der Waals surface area contributed by atoms with Gasteiger partial charge < -0.3 is 19.3 Å². The van der Waals surface area contributed by atoms with Crippen LogP contribution in [0.15, 0.2) is 23.0 Å². The van der Waals surface area contributed by atoms with Gasteiger partial charge in [0.1, 0.15) is 17.9 Å². The van der Waals surface area contributed by atoms with E-state index in [2.05, 4.69) is 0 Å². The van der Waals surface area contributed by atoms with Crippen molar-refractivity contribution in [1.82, 2.24) is 9.47 Å². The van der Waals surface area contributed by atoms with Gasteiger partial charge in [0.15, 0.2) is 0 Å². The first-order chi connectivity index (χ1) is 11.4. The van der Waals surface area contributed by atoms with E-state index in [4.69, 9.17) is 4.74 Å². The number of aromatic nitrogens is 1. The summed E-state index contributed by atoms with van der Waals surface area (Å²) >= 11 is 0. The number of nitrogens with zero attached hydrogens (tertiary/aromatic N) is 2. The zero-order chi connectivity index (χ0) is 17.4. The van der Waals surface area contributed by atoms with Crippen molar-refractivity contribution in [3.63, 3.8) is 0 Å². The van der Waals surface area contributed by atoms with Gasteiger partial charge in [-0.05, 0) is 46.0 Å².